The molecule has 0 amide bonds. The van der Waals surface area contributed by atoms with Crippen molar-refractivity contribution in [2.24, 2.45) is 5.73 Å². The third kappa shape index (κ3) is 13.1. The Balaban J connectivity index is 0.000000551. The first-order chi connectivity index (χ1) is 17.5. The Morgan fingerprint density at radius 1 is 1.11 bits per heavy atom. The number of nitrogens with two attached hydrogens (primary N) is 1. The number of aliphatic carboxylic acids is 1. The fourth-order valence-corrected chi connectivity index (χ4v) is 3.48. The number of ketones is 1. The zero-order valence-corrected chi connectivity index (χ0v) is 24.0. The summed E-state index contributed by atoms with van der Waals surface area (Å²) in [4.78, 5) is 43.5. The monoisotopic (exact) mass is 612 g/mol. The first-order valence-electron chi connectivity index (χ1n) is 10.7. The number of thiazole rings is 1. The average molecular weight is 614 g/mol. The number of pyridine rings is 2. The molecule has 0 spiro atoms. The summed E-state index contributed by atoms with van der Waals surface area (Å²) in [6.07, 6.45) is 6.89. The second kappa shape index (κ2) is 19.0. The Morgan fingerprint density at radius 3 is 2.08 bits per heavy atom. The lowest BCUT2D eigenvalue weighted by Crippen LogP contribution is -2.12. The number of Topliss-reactive ketones (excluding diaryl/α,β-unsaturated/α-hetero) is 1. The number of hydrogen-bond donors (Lipinski definition) is 3. The van der Waals surface area contributed by atoms with Crippen LogP contribution in [-0.4, -0.2) is 66.4 Å². The number of thiocarbonyl (C=S) groups is 1. The first-order valence-corrected chi connectivity index (χ1v) is 13.1. The molecular formula is C24H29BrN4O6S2. The molecule has 0 radical (unpaired) electrons. The SMILES string of the molecule is CCO.CCOC(=O)c1csc(-c2cnccc2C)n1.Cc1ccncc1C(N)=S.O=C(O)C(=O)CBr. The van der Waals surface area contributed by atoms with Crippen LogP contribution in [0.5, 0.6) is 0 Å². The van der Waals surface area contributed by atoms with Gasteiger partial charge in [-0.25, -0.2) is 14.6 Å². The molecule has 0 unspecified atom stereocenters. The number of halogens is 1. The number of carboxylic acid groups (broad SMARTS) is 1. The third-order valence-corrected chi connectivity index (χ3v) is 5.53. The quantitative estimate of drug-likeness (QED) is 0.160. The maximum Gasteiger partial charge on any atom is 0.373 e. The van der Waals surface area contributed by atoms with Gasteiger partial charge in [0, 0.05) is 47.9 Å². The van der Waals surface area contributed by atoms with Gasteiger partial charge >= 0.3 is 11.9 Å². The highest BCUT2D eigenvalue weighted by atomic mass is 79.9. The van der Waals surface area contributed by atoms with Crippen molar-refractivity contribution in [3.8, 4) is 10.6 Å². The number of carbonyl (C=O) groups is 3. The molecule has 4 N–H and O–H groups in total. The van der Waals surface area contributed by atoms with Crippen molar-refractivity contribution in [1.82, 2.24) is 15.0 Å². The zero-order chi connectivity index (χ0) is 28.4. The van der Waals surface area contributed by atoms with E-state index in [1.807, 2.05) is 26.0 Å². The van der Waals surface area contributed by atoms with E-state index in [4.69, 9.17) is 32.9 Å². The topological polar surface area (TPSA) is 166 Å². The molecule has 200 valence electrons. The normalized spacial score (nSPS) is 9.24. The summed E-state index contributed by atoms with van der Waals surface area (Å²) in [7, 11) is 0. The molecule has 0 saturated heterocycles. The Hall–Kier alpha value is -3.13. The number of aliphatic hydroxyl groups is 1. The molecule has 3 aromatic heterocycles. The second-order valence-electron chi connectivity index (χ2n) is 6.68. The van der Waals surface area contributed by atoms with E-state index in [2.05, 4.69) is 30.9 Å². The molecule has 3 rings (SSSR count). The summed E-state index contributed by atoms with van der Waals surface area (Å²) in [6.45, 7) is 8.01. The standard InChI is InChI=1S/C12H12N2O2S.C7H8N2S.C3H3BrO3.C2H6O/c1-3-16-12(15)10-7-17-11(14-10)9-6-13-5-4-8(9)2;1-5-2-3-9-4-6(5)7(8)10;4-1-2(5)3(6)7;1-2-3/h4-7H,3H2,1-2H3;2-4H,1H3,(H2,8,10);1H2,(H,6,7);3H,2H2,1H3. The summed E-state index contributed by atoms with van der Waals surface area (Å²) >= 11 is 8.89. The molecule has 0 fully saturated rings. The number of nitrogens with zero attached hydrogens (tertiary/aromatic N) is 3. The number of rotatable bonds is 6. The van der Waals surface area contributed by atoms with Crippen molar-refractivity contribution in [3.63, 3.8) is 0 Å². The fourth-order valence-electron chi connectivity index (χ4n) is 2.16. The number of hydrogen-bond acceptors (Lipinski definition) is 10. The van der Waals surface area contributed by atoms with E-state index >= 15 is 0 Å². The van der Waals surface area contributed by atoms with E-state index in [1.165, 1.54) is 11.3 Å². The Kier molecular flexibility index (Phi) is 17.4. The number of carboxylic acids is 1. The number of carbonyl (C=O) groups excluding carboxylic acids is 2. The third-order valence-electron chi connectivity index (χ3n) is 3.92. The van der Waals surface area contributed by atoms with Gasteiger partial charge in [0.2, 0.25) is 5.78 Å². The molecular weight excluding hydrogens is 584 g/mol. The minimum atomic E-state index is -1.39. The van der Waals surface area contributed by atoms with Crippen LogP contribution in [0.15, 0.2) is 42.3 Å². The molecule has 0 atom stereocenters. The molecule has 13 heteroatoms. The summed E-state index contributed by atoms with van der Waals surface area (Å²) in [6, 6.07) is 3.80. The van der Waals surface area contributed by atoms with Crippen molar-refractivity contribution in [2.45, 2.75) is 27.7 Å². The molecule has 0 aliphatic carbocycles. The molecule has 3 aromatic rings. The minimum absolute atomic E-state index is 0.109. The van der Waals surface area contributed by atoms with Crippen LogP contribution in [-0.2, 0) is 14.3 Å². The van der Waals surface area contributed by atoms with Crippen molar-refractivity contribution < 1.29 is 29.3 Å². The van der Waals surface area contributed by atoms with Gasteiger partial charge in [0.1, 0.15) is 10.00 Å². The molecule has 0 aromatic carbocycles. The van der Waals surface area contributed by atoms with E-state index in [0.717, 1.165) is 27.3 Å². The van der Waals surface area contributed by atoms with Crippen molar-refractivity contribution in [3.05, 3.63) is 64.7 Å². The molecule has 0 bridgehead atoms. The lowest BCUT2D eigenvalue weighted by molar-refractivity contribution is -0.147. The van der Waals surface area contributed by atoms with Gasteiger partial charge in [0.25, 0.3) is 0 Å². The van der Waals surface area contributed by atoms with Gasteiger partial charge in [-0.05, 0) is 51.0 Å². The lowest BCUT2D eigenvalue weighted by atomic mass is 10.2. The van der Waals surface area contributed by atoms with E-state index in [-0.39, 0.29) is 17.9 Å². The minimum Gasteiger partial charge on any atom is -0.475 e. The predicted octanol–water partition coefficient (Wildman–Crippen LogP) is 3.75. The van der Waals surface area contributed by atoms with Crippen molar-refractivity contribution >= 4 is 62.2 Å². The highest BCUT2D eigenvalue weighted by Gasteiger charge is 2.13. The van der Waals surface area contributed by atoms with Crippen molar-refractivity contribution in [1.29, 1.82) is 0 Å². The maximum absolute atomic E-state index is 11.5. The van der Waals surface area contributed by atoms with E-state index in [1.54, 1.807) is 44.0 Å². The van der Waals surface area contributed by atoms with Crippen LogP contribution in [0.1, 0.15) is 41.0 Å². The van der Waals surface area contributed by atoms with Crippen LogP contribution in [0, 0.1) is 13.8 Å². The van der Waals surface area contributed by atoms with Crippen LogP contribution in [0.2, 0.25) is 0 Å². The van der Waals surface area contributed by atoms with E-state index in [9.17, 15) is 14.4 Å². The van der Waals surface area contributed by atoms with Gasteiger partial charge in [-0.2, -0.15) is 0 Å². The second-order valence-corrected chi connectivity index (χ2v) is 8.54. The van der Waals surface area contributed by atoms with Crippen LogP contribution in [0.25, 0.3) is 10.6 Å². The van der Waals surface area contributed by atoms with Gasteiger partial charge in [0.05, 0.1) is 11.9 Å². The van der Waals surface area contributed by atoms with Gasteiger partial charge in [-0.3, -0.25) is 14.8 Å². The molecule has 37 heavy (non-hydrogen) atoms. The van der Waals surface area contributed by atoms with E-state index in [0.29, 0.717) is 17.3 Å². The van der Waals surface area contributed by atoms with Crippen LogP contribution in [0.3, 0.4) is 0 Å². The van der Waals surface area contributed by atoms with Crippen molar-refractivity contribution in [2.75, 3.05) is 18.5 Å². The highest BCUT2D eigenvalue weighted by Crippen LogP contribution is 2.26. The number of aryl methyl sites for hydroxylation is 2. The van der Waals surface area contributed by atoms with Crippen LogP contribution < -0.4 is 5.73 Å². The smallest absolute Gasteiger partial charge is 0.373 e. The van der Waals surface area contributed by atoms with Gasteiger partial charge < -0.3 is 20.7 Å². The fraction of sp³-hybridized carbons (Fsp3) is 0.292. The molecule has 0 saturated carbocycles. The largest absolute Gasteiger partial charge is 0.475 e. The van der Waals surface area contributed by atoms with E-state index < -0.39 is 11.8 Å². The Labute approximate surface area is 233 Å². The molecule has 0 aliphatic rings. The zero-order valence-electron chi connectivity index (χ0n) is 20.8. The molecule has 3 heterocycles. The summed E-state index contributed by atoms with van der Waals surface area (Å²) in [5.74, 6) is -2.59. The Morgan fingerprint density at radius 2 is 1.68 bits per heavy atom. The molecule has 10 nitrogen and oxygen atoms in total. The van der Waals surface area contributed by atoms with Crippen LogP contribution >= 0.6 is 39.5 Å². The molecule has 0 aliphatic heterocycles. The van der Waals surface area contributed by atoms with Crippen LogP contribution in [0.4, 0.5) is 0 Å². The number of aliphatic hydroxyl groups excluding tert-OH is 1. The number of ether oxygens (including phenoxy) is 1. The number of alkyl halides is 1. The first kappa shape index (κ1) is 33.9. The maximum atomic E-state index is 11.5. The summed E-state index contributed by atoms with van der Waals surface area (Å²) in [5, 5.41) is 17.8. The van der Waals surface area contributed by atoms with Gasteiger partial charge in [0.15, 0.2) is 5.69 Å². The highest BCUT2D eigenvalue weighted by molar-refractivity contribution is 9.09. The lowest BCUT2D eigenvalue weighted by Gasteiger charge is -1.99. The van der Waals surface area contributed by atoms with Gasteiger partial charge in [-0.15, -0.1) is 11.3 Å². The predicted molar refractivity (Wildman–Crippen MR) is 150 cm³/mol. The Bertz CT molecular complexity index is 1170. The van der Waals surface area contributed by atoms with Gasteiger partial charge in [-0.1, -0.05) is 28.1 Å². The average Bonchev–Trinajstić information content (AvgIpc) is 3.35. The number of aromatic nitrogens is 3. The number of esters is 1. The summed E-state index contributed by atoms with van der Waals surface area (Å²) < 4.78 is 4.90. The summed E-state index contributed by atoms with van der Waals surface area (Å²) in [5.41, 5.74) is 9.73.